The van der Waals surface area contributed by atoms with Crippen LogP contribution >= 0.6 is 23.1 Å². The first kappa shape index (κ1) is 19.4. The summed E-state index contributed by atoms with van der Waals surface area (Å²) in [6.07, 6.45) is 2.06. The number of nitrogens with one attached hydrogen (secondary N) is 2. The number of aliphatic imine (C=N–C) groups is 1. The molecule has 3 aromatic rings. The van der Waals surface area contributed by atoms with Gasteiger partial charge in [-0.3, -0.25) is 26.0 Å². The average Bonchev–Trinajstić information content (AvgIpc) is 3.53. The molecule has 11 heteroatoms. The minimum atomic E-state index is -0.416. The number of nitrogens with zero attached hydrogens (tertiary/aromatic N) is 3. The number of ether oxygens (including phenoxy) is 2. The number of nitro benzene ring substituents is 1. The van der Waals surface area contributed by atoms with Crippen LogP contribution in [0.25, 0.3) is 17.3 Å². The molecular formula is C20H15N5O4S2. The van der Waals surface area contributed by atoms with Gasteiger partial charge >= 0.3 is 0 Å². The molecule has 0 amide bonds. The molecule has 0 fully saturated rings. The van der Waals surface area contributed by atoms with E-state index in [1.807, 2.05) is 23.6 Å². The fourth-order valence-electron chi connectivity index (χ4n) is 3.02. The van der Waals surface area contributed by atoms with Crippen molar-refractivity contribution in [1.29, 1.82) is 0 Å². The van der Waals surface area contributed by atoms with Gasteiger partial charge in [-0.2, -0.15) is 0 Å². The molecule has 0 atom stereocenters. The van der Waals surface area contributed by atoms with Crippen LogP contribution in [0.2, 0.25) is 0 Å². The highest BCUT2D eigenvalue weighted by molar-refractivity contribution is 8.17. The third-order valence-electron chi connectivity index (χ3n) is 4.46. The predicted molar refractivity (Wildman–Crippen MR) is 121 cm³/mol. The number of hydrogen-bond acceptors (Lipinski definition) is 10. The van der Waals surface area contributed by atoms with E-state index in [4.69, 9.17) is 9.47 Å². The zero-order chi connectivity index (χ0) is 21.2. The molecule has 2 aliphatic rings. The molecule has 2 aromatic carbocycles. The summed E-state index contributed by atoms with van der Waals surface area (Å²) in [5.41, 5.74) is 8.54. The Morgan fingerprint density at radius 2 is 2.03 bits per heavy atom. The summed E-state index contributed by atoms with van der Waals surface area (Å²) in [5, 5.41) is 14.2. The molecule has 9 nitrogen and oxygen atoms in total. The first-order chi connectivity index (χ1) is 15.1. The molecule has 0 saturated heterocycles. The number of rotatable bonds is 5. The number of non-ortho nitro benzene ring substituents is 1. The maximum Gasteiger partial charge on any atom is 0.270 e. The number of hydrazine groups is 1. The summed E-state index contributed by atoms with van der Waals surface area (Å²) in [7, 11) is 0. The van der Waals surface area contributed by atoms with Gasteiger partial charge in [-0.15, -0.1) is 11.3 Å². The van der Waals surface area contributed by atoms with E-state index in [0.717, 1.165) is 27.1 Å². The van der Waals surface area contributed by atoms with Crippen LogP contribution in [0.15, 0.2) is 57.7 Å². The second-order valence-corrected chi connectivity index (χ2v) is 8.52. The van der Waals surface area contributed by atoms with Gasteiger partial charge in [0.05, 0.1) is 17.2 Å². The summed E-state index contributed by atoms with van der Waals surface area (Å²) in [4.78, 5) is 20.6. The van der Waals surface area contributed by atoms with E-state index in [1.165, 1.54) is 35.2 Å². The summed E-state index contributed by atoms with van der Waals surface area (Å²) < 4.78 is 10.8. The molecule has 0 unspecified atom stereocenters. The van der Waals surface area contributed by atoms with Gasteiger partial charge in [-0.25, -0.2) is 4.98 Å². The topological polar surface area (TPSA) is 111 Å². The Labute approximate surface area is 184 Å². The molecule has 2 N–H and O–H groups in total. The minimum Gasteiger partial charge on any atom is -0.454 e. The van der Waals surface area contributed by atoms with E-state index in [2.05, 4.69) is 26.9 Å². The second-order valence-electron chi connectivity index (χ2n) is 6.54. The fourth-order valence-corrected chi connectivity index (χ4v) is 4.49. The highest BCUT2D eigenvalue weighted by Crippen LogP contribution is 2.34. The molecule has 2 aliphatic heterocycles. The third-order valence-corrected chi connectivity index (χ3v) is 6.16. The van der Waals surface area contributed by atoms with Crippen molar-refractivity contribution in [2.75, 3.05) is 18.8 Å². The van der Waals surface area contributed by atoms with E-state index < -0.39 is 4.92 Å². The zero-order valence-electron chi connectivity index (χ0n) is 15.9. The molecule has 156 valence electrons. The molecule has 0 spiro atoms. The molecular weight excluding hydrogens is 438 g/mol. The Balaban J connectivity index is 1.19. The molecule has 0 saturated carbocycles. The van der Waals surface area contributed by atoms with Crippen molar-refractivity contribution in [3.8, 4) is 22.8 Å². The monoisotopic (exact) mass is 453 g/mol. The van der Waals surface area contributed by atoms with Crippen LogP contribution in [0.1, 0.15) is 5.56 Å². The highest BCUT2D eigenvalue weighted by Gasteiger charge is 2.16. The van der Waals surface area contributed by atoms with E-state index >= 15 is 0 Å². The predicted octanol–water partition coefficient (Wildman–Crippen LogP) is 4.51. The molecule has 31 heavy (non-hydrogen) atoms. The molecule has 0 aliphatic carbocycles. The van der Waals surface area contributed by atoms with Gasteiger partial charge in [-0.1, -0.05) is 30.0 Å². The van der Waals surface area contributed by atoms with Gasteiger partial charge in [0.2, 0.25) is 11.9 Å². The number of benzene rings is 2. The number of anilines is 1. The van der Waals surface area contributed by atoms with Gasteiger partial charge in [0, 0.05) is 28.0 Å². The van der Waals surface area contributed by atoms with Crippen LogP contribution in [0.3, 0.4) is 0 Å². The zero-order valence-corrected chi connectivity index (χ0v) is 17.5. The lowest BCUT2D eigenvalue weighted by Gasteiger charge is -2.05. The first-order valence-corrected chi connectivity index (χ1v) is 10.9. The summed E-state index contributed by atoms with van der Waals surface area (Å²) in [6.45, 7) is 0.840. The molecule has 0 bridgehead atoms. The first-order valence-electron chi connectivity index (χ1n) is 9.19. The Kier molecular flexibility index (Phi) is 5.18. The number of thiazole rings is 1. The van der Waals surface area contributed by atoms with E-state index in [1.54, 1.807) is 12.1 Å². The van der Waals surface area contributed by atoms with Crippen molar-refractivity contribution in [2.45, 2.75) is 0 Å². The van der Waals surface area contributed by atoms with Crippen LogP contribution in [0.4, 0.5) is 10.8 Å². The maximum absolute atomic E-state index is 11.0. The lowest BCUT2D eigenvalue weighted by molar-refractivity contribution is -0.384. The number of thioether (sulfide) groups is 1. The lowest BCUT2D eigenvalue weighted by atomic mass is 10.1. The van der Waals surface area contributed by atoms with Crippen LogP contribution < -0.4 is 20.3 Å². The summed E-state index contributed by atoms with van der Waals surface area (Å²) >= 11 is 2.93. The number of fused-ring (bicyclic) bond motifs is 1. The average molecular weight is 454 g/mol. The third kappa shape index (κ3) is 4.32. The van der Waals surface area contributed by atoms with Crippen LogP contribution in [0, 0.1) is 10.1 Å². The van der Waals surface area contributed by atoms with Crippen molar-refractivity contribution in [3.63, 3.8) is 0 Å². The van der Waals surface area contributed by atoms with Gasteiger partial charge in [0.15, 0.2) is 16.7 Å². The number of amidine groups is 1. The SMILES string of the molecule is O=[N+]([O-])c1cccc(-c2csc(NNC3=NC/C(=C/c4ccc5c(c4)OCO5)S3)n2)c1. The van der Waals surface area contributed by atoms with E-state index in [-0.39, 0.29) is 12.5 Å². The summed E-state index contributed by atoms with van der Waals surface area (Å²) in [6, 6.07) is 12.2. The van der Waals surface area contributed by atoms with E-state index in [9.17, 15) is 10.1 Å². The van der Waals surface area contributed by atoms with Crippen molar-refractivity contribution in [1.82, 2.24) is 10.4 Å². The van der Waals surface area contributed by atoms with Crippen molar-refractivity contribution >= 4 is 45.2 Å². The molecule has 1 aromatic heterocycles. The number of aromatic nitrogens is 1. The van der Waals surface area contributed by atoms with Crippen molar-refractivity contribution in [2.24, 2.45) is 4.99 Å². The Morgan fingerprint density at radius 3 is 2.94 bits per heavy atom. The quantitative estimate of drug-likeness (QED) is 0.429. The van der Waals surface area contributed by atoms with E-state index in [0.29, 0.717) is 22.9 Å². The van der Waals surface area contributed by atoms with Crippen molar-refractivity contribution < 1.29 is 14.4 Å². The Morgan fingerprint density at radius 1 is 1.13 bits per heavy atom. The molecule has 5 rings (SSSR count). The van der Waals surface area contributed by atoms with Crippen LogP contribution in [0.5, 0.6) is 11.5 Å². The van der Waals surface area contributed by atoms with Crippen LogP contribution in [-0.2, 0) is 0 Å². The molecule has 3 heterocycles. The fraction of sp³-hybridized carbons (Fsp3) is 0.100. The smallest absolute Gasteiger partial charge is 0.270 e. The maximum atomic E-state index is 11.0. The Bertz CT molecular complexity index is 1220. The second kappa shape index (κ2) is 8.28. The van der Waals surface area contributed by atoms with Gasteiger partial charge in [0.25, 0.3) is 5.69 Å². The number of nitro groups is 1. The van der Waals surface area contributed by atoms with Gasteiger partial charge in [0.1, 0.15) is 0 Å². The number of hydrogen-bond donors (Lipinski definition) is 2. The van der Waals surface area contributed by atoms with Crippen molar-refractivity contribution in [3.05, 3.63) is 68.4 Å². The molecule has 0 radical (unpaired) electrons. The normalized spacial score (nSPS) is 15.7. The Hall–Kier alpha value is -3.57. The summed E-state index contributed by atoms with van der Waals surface area (Å²) in [5.74, 6) is 1.51. The lowest BCUT2D eigenvalue weighted by Crippen LogP contribution is -2.25. The largest absolute Gasteiger partial charge is 0.454 e. The van der Waals surface area contributed by atoms with Gasteiger partial charge in [-0.05, 0) is 23.8 Å². The minimum absolute atomic E-state index is 0.0385. The highest BCUT2D eigenvalue weighted by atomic mass is 32.2. The van der Waals surface area contributed by atoms with Gasteiger partial charge < -0.3 is 9.47 Å². The standard InChI is InChI=1S/C20H15N5O4S2/c26-25(27)14-3-1-2-13(8-14)16-10-30-20(22-16)24-23-19-21-9-15(31-19)6-12-4-5-17-18(7-12)29-11-28-17/h1-8,10H,9,11H2,(H,21,23)(H,22,24)/b15-6-. The van der Waals surface area contributed by atoms with Crippen LogP contribution in [-0.4, -0.2) is 28.4 Å².